The number of likely N-dealkylation sites (N-methyl/N-ethyl adjacent to an activating group) is 1. The zero-order valence-electron chi connectivity index (χ0n) is 11.6. The Labute approximate surface area is 122 Å². The fourth-order valence-electron chi connectivity index (χ4n) is 1.88. The second kappa shape index (κ2) is 7.14. The van der Waals surface area contributed by atoms with Crippen molar-refractivity contribution in [1.82, 2.24) is 20.6 Å². The Bertz CT molecular complexity index is 602. The zero-order chi connectivity index (χ0) is 15.1. The second-order valence-electron chi connectivity index (χ2n) is 4.42. The Balaban J connectivity index is 2.10. The first-order chi connectivity index (χ1) is 10.2. The number of nitrogens with zero attached hydrogens (tertiary/aromatic N) is 2. The van der Waals surface area contributed by atoms with E-state index in [0.29, 0.717) is 6.42 Å². The predicted molar refractivity (Wildman–Crippen MR) is 77.5 cm³/mol. The lowest BCUT2D eigenvalue weighted by Crippen LogP contribution is -2.47. The van der Waals surface area contributed by atoms with Crippen molar-refractivity contribution in [1.29, 1.82) is 0 Å². The van der Waals surface area contributed by atoms with E-state index in [0.717, 1.165) is 5.56 Å². The fourth-order valence-corrected chi connectivity index (χ4v) is 1.88. The van der Waals surface area contributed by atoms with E-state index >= 15 is 0 Å². The monoisotopic (exact) mass is 284 g/mol. The molecule has 2 amide bonds. The van der Waals surface area contributed by atoms with E-state index in [2.05, 4.69) is 20.6 Å². The Hall–Kier alpha value is -2.76. The molecule has 0 bridgehead atoms. The van der Waals surface area contributed by atoms with Crippen LogP contribution in [0.4, 0.5) is 0 Å². The molecule has 2 N–H and O–H groups in total. The molecule has 21 heavy (non-hydrogen) atoms. The summed E-state index contributed by atoms with van der Waals surface area (Å²) in [6.45, 7) is 0. The molecular weight excluding hydrogens is 268 g/mol. The smallest absolute Gasteiger partial charge is 0.272 e. The number of aromatic nitrogens is 2. The molecule has 0 spiro atoms. The number of amides is 2. The molecule has 2 rings (SSSR count). The molecule has 1 atom stereocenters. The molecule has 0 fully saturated rings. The standard InChI is InChI=1S/C15H16N4O2/c1-16-14(20)12(9-11-5-3-2-4-6-11)19-15(21)13-10-17-7-8-18-13/h2-8,10,12H,9H2,1H3,(H,16,20)(H,19,21). The van der Waals surface area contributed by atoms with Gasteiger partial charge in [0.2, 0.25) is 5.91 Å². The maximum absolute atomic E-state index is 12.1. The molecule has 0 saturated heterocycles. The minimum atomic E-state index is -0.660. The minimum absolute atomic E-state index is 0.180. The number of benzene rings is 1. The van der Waals surface area contributed by atoms with Gasteiger partial charge >= 0.3 is 0 Å². The van der Waals surface area contributed by atoms with Crippen LogP contribution in [0.3, 0.4) is 0 Å². The first kappa shape index (κ1) is 14.6. The van der Waals surface area contributed by atoms with Crippen molar-refractivity contribution in [2.45, 2.75) is 12.5 Å². The summed E-state index contributed by atoms with van der Waals surface area (Å²) in [4.78, 5) is 31.7. The molecule has 6 nitrogen and oxygen atoms in total. The third-order valence-electron chi connectivity index (χ3n) is 2.95. The summed E-state index contributed by atoms with van der Waals surface area (Å²) in [7, 11) is 1.54. The third kappa shape index (κ3) is 4.10. The zero-order valence-corrected chi connectivity index (χ0v) is 11.6. The molecule has 0 aliphatic heterocycles. The highest BCUT2D eigenvalue weighted by Gasteiger charge is 2.21. The lowest BCUT2D eigenvalue weighted by molar-refractivity contribution is -0.122. The van der Waals surface area contributed by atoms with Crippen molar-refractivity contribution in [2.24, 2.45) is 0 Å². The van der Waals surface area contributed by atoms with Crippen LogP contribution in [0.2, 0.25) is 0 Å². The Kier molecular flexibility index (Phi) is 4.98. The highest BCUT2D eigenvalue weighted by atomic mass is 16.2. The summed E-state index contributed by atoms with van der Waals surface area (Å²) in [5.41, 5.74) is 1.14. The first-order valence-corrected chi connectivity index (χ1v) is 6.53. The van der Waals surface area contributed by atoms with Gasteiger partial charge in [-0.3, -0.25) is 14.6 Å². The van der Waals surface area contributed by atoms with E-state index in [1.54, 1.807) is 0 Å². The molecular formula is C15H16N4O2. The Morgan fingerprint density at radius 3 is 2.57 bits per heavy atom. The van der Waals surface area contributed by atoms with Crippen LogP contribution in [0.25, 0.3) is 0 Å². The lowest BCUT2D eigenvalue weighted by atomic mass is 10.1. The van der Waals surface area contributed by atoms with Gasteiger partial charge in [0, 0.05) is 25.9 Å². The quantitative estimate of drug-likeness (QED) is 0.840. The maximum Gasteiger partial charge on any atom is 0.272 e. The summed E-state index contributed by atoms with van der Waals surface area (Å²) in [6, 6.07) is 8.83. The fraction of sp³-hybridized carbons (Fsp3) is 0.200. The first-order valence-electron chi connectivity index (χ1n) is 6.53. The van der Waals surface area contributed by atoms with Gasteiger partial charge < -0.3 is 10.6 Å². The van der Waals surface area contributed by atoms with Crippen LogP contribution in [0, 0.1) is 0 Å². The number of hydrogen-bond acceptors (Lipinski definition) is 4. The average Bonchev–Trinajstić information content (AvgIpc) is 2.55. The predicted octanol–water partition coefficient (Wildman–Crippen LogP) is 0.564. The van der Waals surface area contributed by atoms with E-state index in [-0.39, 0.29) is 11.6 Å². The van der Waals surface area contributed by atoms with Gasteiger partial charge in [0.1, 0.15) is 11.7 Å². The van der Waals surface area contributed by atoms with Crippen molar-refractivity contribution in [3.8, 4) is 0 Å². The number of hydrogen-bond donors (Lipinski definition) is 2. The normalized spacial score (nSPS) is 11.5. The molecule has 2 aromatic rings. The molecule has 1 aromatic carbocycles. The summed E-state index contributed by atoms with van der Waals surface area (Å²) in [6.07, 6.45) is 4.68. The highest BCUT2D eigenvalue weighted by molar-refractivity contribution is 5.95. The number of carbonyl (C=O) groups excluding carboxylic acids is 2. The van der Waals surface area contributed by atoms with Crippen molar-refractivity contribution in [3.63, 3.8) is 0 Å². The molecule has 1 heterocycles. The van der Waals surface area contributed by atoms with Gasteiger partial charge in [0.15, 0.2) is 0 Å². The second-order valence-corrected chi connectivity index (χ2v) is 4.42. The van der Waals surface area contributed by atoms with Gasteiger partial charge in [-0.15, -0.1) is 0 Å². The summed E-state index contributed by atoms with van der Waals surface area (Å²) < 4.78 is 0. The van der Waals surface area contributed by atoms with Gasteiger partial charge in [-0.05, 0) is 5.56 Å². The summed E-state index contributed by atoms with van der Waals surface area (Å²) in [5.74, 6) is -0.677. The number of rotatable bonds is 5. The van der Waals surface area contributed by atoms with E-state index in [1.165, 1.54) is 25.6 Å². The van der Waals surface area contributed by atoms with Crippen LogP contribution in [0.1, 0.15) is 16.1 Å². The Morgan fingerprint density at radius 1 is 1.19 bits per heavy atom. The summed E-state index contributed by atoms with van der Waals surface area (Å²) >= 11 is 0. The molecule has 6 heteroatoms. The van der Waals surface area contributed by atoms with Gasteiger partial charge in [0.25, 0.3) is 5.91 Å². The van der Waals surface area contributed by atoms with Crippen molar-refractivity contribution >= 4 is 11.8 Å². The molecule has 1 unspecified atom stereocenters. The van der Waals surface area contributed by atoms with Gasteiger partial charge in [-0.1, -0.05) is 30.3 Å². The largest absolute Gasteiger partial charge is 0.357 e. The van der Waals surface area contributed by atoms with Crippen LogP contribution in [-0.2, 0) is 11.2 Å². The van der Waals surface area contributed by atoms with Crippen molar-refractivity contribution < 1.29 is 9.59 Å². The van der Waals surface area contributed by atoms with Crippen LogP contribution < -0.4 is 10.6 Å². The van der Waals surface area contributed by atoms with Gasteiger partial charge in [0.05, 0.1) is 6.20 Å². The molecule has 1 aromatic heterocycles. The van der Waals surface area contributed by atoms with Crippen molar-refractivity contribution in [3.05, 3.63) is 60.2 Å². The van der Waals surface area contributed by atoms with E-state index in [9.17, 15) is 9.59 Å². The lowest BCUT2D eigenvalue weighted by Gasteiger charge is -2.17. The van der Waals surface area contributed by atoms with Gasteiger partial charge in [-0.2, -0.15) is 0 Å². The van der Waals surface area contributed by atoms with Crippen LogP contribution >= 0.6 is 0 Å². The Morgan fingerprint density at radius 2 is 1.95 bits per heavy atom. The number of nitrogens with one attached hydrogen (secondary N) is 2. The van der Waals surface area contributed by atoms with E-state index in [1.807, 2.05) is 30.3 Å². The average molecular weight is 284 g/mol. The third-order valence-corrected chi connectivity index (χ3v) is 2.95. The summed E-state index contributed by atoms with van der Waals surface area (Å²) in [5, 5.41) is 5.23. The molecule has 108 valence electrons. The molecule has 0 saturated carbocycles. The molecule has 0 aliphatic carbocycles. The minimum Gasteiger partial charge on any atom is -0.357 e. The van der Waals surface area contributed by atoms with Crippen LogP contribution in [-0.4, -0.2) is 34.9 Å². The van der Waals surface area contributed by atoms with Crippen LogP contribution in [0.15, 0.2) is 48.9 Å². The van der Waals surface area contributed by atoms with Crippen LogP contribution in [0.5, 0.6) is 0 Å². The van der Waals surface area contributed by atoms with Crippen molar-refractivity contribution in [2.75, 3.05) is 7.05 Å². The number of carbonyl (C=O) groups is 2. The van der Waals surface area contributed by atoms with E-state index < -0.39 is 11.9 Å². The maximum atomic E-state index is 12.1. The topological polar surface area (TPSA) is 84.0 Å². The molecule has 0 radical (unpaired) electrons. The van der Waals surface area contributed by atoms with E-state index in [4.69, 9.17) is 0 Å². The van der Waals surface area contributed by atoms with Gasteiger partial charge in [-0.25, -0.2) is 4.98 Å². The molecule has 0 aliphatic rings. The SMILES string of the molecule is CNC(=O)C(Cc1ccccc1)NC(=O)c1cnccn1. The highest BCUT2D eigenvalue weighted by Crippen LogP contribution is 2.04.